The Kier molecular flexibility index (Phi) is 3.40. The largest absolute Gasteiger partial charge is 0.369 e. The molecule has 4 heteroatoms. The lowest BCUT2D eigenvalue weighted by Gasteiger charge is -2.29. The molecule has 0 bridgehead atoms. The van der Waals surface area contributed by atoms with Crippen LogP contribution in [0, 0.1) is 11.3 Å². The van der Waals surface area contributed by atoms with Crippen LogP contribution in [-0.2, 0) is 0 Å². The van der Waals surface area contributed by atoms with Crippen molar-refractivity contribution < 1.29 is 0 Å². The molecule has 1 fully saturated rings. The van der Waals surface area contributed by atoms with Gasteiger partial charge in [-0.05, 0) is 18.2 Å². The number of benzene rings is 1. The fraction of sp³-hybridized carbons (Fsp3) is 0.364. The average molecular weight is 239 g/mol. The lowest BCUT2D eigenvalue weighted by Crippen LogP contribution is -2.32. The molecule has 0 atom stereocenters. The van der Waals surface area contributed by atoms with E-state index in [1.807, 2.05) is 23.9 Å². The smallest absolute Gasteiger partial charge is 0.101 e. The molecule has 1 aliphatic heterocycles. The summed E-state index contributed by atoms with van der Waals surface area (Å²) in [5, 5.41) is 9.66. The van der Waals surface area contributed by atoms with Crippen LogP contribution in [0.2, 0.25) is 5.02 Å². The van der Waals surface area contributed by atoms with Crippen LogP contribution < -0.4 is 4.90 Å². The van der Waals surface area contributed by atoms with Crippen LogP contribution in [0.5, 0.6) is 0 Å². The van der Waals surface area contributed by atoms with Crippen molar-refractivity contribution in [1.82, 2.24) is 0 Å². The first-order valence-electron chi connectivity index (χ1n) is 4.83. The van der Waals surface area contributed by atoms with Crippen LogP contribution in [-0.4, -0.2) is 24.6 Å². The van der Waals surface area contributed by atoms with Crippen molar-refractivity contribution in [2.75, 3.05) is 29.5 Å². The molecule has 2 nitrogen and oxygen atoms in total. The third-order valence-electron chi connectivity index (χ3n) is 2.43. The van der Waals surface area contributed by atoms with Crippen LogP contribution >= 0.6 is 23.4 Å². The minimum absolute atomic E-state index is 0.627. The number of halogens is 1. The van der Waals surface area contributed by atoms with E-state index in [0.29, 0.717) is 10.6 Å². The fourth-order valence-corrected chi connectivity index (χ4v) is 2.75. The molecule has 1 heterocycles. The van der Waals surface area contributed by atoms with Crippen LogP contribution in [0.15, 0.2) is 18.2 Å². The molecule has 0 unspecified atom stereocenters. The van der Waals surface area contributed by atoms with Gasteiger partial charge in [0.15, 0.2) is 0 Å². The summed E-state index contributed by atoms with van der Waals surface area (Å²) >= 11 is 7.82. The van der Waals surface area contributed by atoms with Crippen molar-refractivity contribution in [3.05, 3.63) is 28.8 Å². The van der Waals surface area contributed by atoms with Crippen molar-refractivity contribution in [3.63, 3.8) is 0 Å². The minimum atomic E-state index is 0.627. The van der Waals surface area contributed by atoms with E-state index in [1.165, 1.54) is 0 Å². The molecule has 2 rings (SSSR count). The van der Waals surface area contributed by atoms with Crippen molar-refractivity contribution in [3.8, 4) is 6.07 Å². The van der Waals surface area contributed by atoms with Gasteiger partial charge in [-0.25, -0.2) is 0 Å². The molecule has 1 aliphatic rings. The van der Waals surface area contributed by atoms with Crippen LogP contribution in [0.3, 0.4) is 0 Å². The van der Waals surface area contributed by atoms with Crippen molar-refractivity contribution in [1.29, 1.82) is 5.26 Å². The molecule has 15 heavy (non-hydrogen) atoms. The topological polar surface area (TPSA) is 27.0 Å². The summed E-state index contributed by atoms with van der Waals surface area (Å²) in [5.41, 5.74) is 1.69. The highest BCUT2D eigenvalue weighted by atomic mass is 35.5. The highest BCUT2D eigenvalue weighted by Crippen LogP contribution is 2.25. The second-order valence-electron chi connectivity index (χ2n) is 3.37. The van der Waals surface area contributed by atoms with E-state index < -0.39 is 0 Å². The Bertz CT molecular complexity index is 394. The molecular formula is C11H11ClN2S. The molecule has 1 saturated heterocycles. The van der Waals surface area contributed by atoms with Gasteiger partial charge in [-0.2, -0.15) is 17.0 Å². The Morgan fingerprint density at radius 3 is 2.73 bits per heavy atom. The first-order chi connectivity index (χ1) is 7.31. The Morgan fingerprint density at radius 1 is 1.33 bits per heavy atom. The highest BCUT2D eigenvalue weighted by Gasteiger charge is 2.14. The van der Waals surface area contributed by atoms with Crippen LogP contribution in [0.1, 0.15) is 5.56 Å². The third-order valence-corrected chi connectivity index (χ3v) is 3.61. The van der Waals surface area contributed by atoms with E-state index in [9.17, 15) is 0 Å². The number of anilines is 1. The van der Waals surface area contributed by atoms with E-state index >= 15 is 0 Å². The summed E-state index contributed by atoms with van der Waals surface area (Å²) < 4.78 is 0. The van der Waals surface area contributed by atoms with E-state index in [4.69, 9.17) is 16.9 Å². The van der Waals surface area contributed by atoms with E-state index in [1.54, 1.807) is 6.07 Å². The number of hydrogen-bond donors (Lipinski definition) is 0. The quantitative estimate of drug-likeness (QED) is 0.753. The summed E-state index contributed by atoms with van der Waals surface area (Å²) in [4.78, 5) is 2.26. The van der Waals surface area contributed by atoms with Gasteiger partial charge in [0.25, 0.3) is 0 Å². The van der Waals surface area contributed by atoms with Gasteiger partial charge in [0.1, 0.15) is 6.07 Å². The van der Waals surface area contributed by atoms with Crippen molar-refractivity contribution in [2.45, 2.75) is 0 Å². The molecule has 0 N–H and O–H groups in total. The van der Waals surface area contributed by atoms with Gasteiger partial charge in [-0.3, -0.25) is 0 Å². The minimum Gasteiger partial charge on any atom is -0.369 e. The van der Waals surface area contributed by atoms with Gasteiger partial charge in [0.2, 0.25) is 0 Å². The first kappa shape index (κ1) is 10.7. The summed E-state index contributed by atoms with van der Waals surface area (Å²) in [5.74, 6) is 2.26. The van der Waals surface area contributed by atoms with Gasteiger partial charge in [-0.1, -0.05) is 11.6 Å². The predicted octanol–water partition coefficient (Wildman–Crippen LogP) is 2.76. The fourth-order valence-electron chi connectivity index (χ4n) is 1.68. The zero-order valence-corrected chi connectivity index (χ0v) is 9.81. The molecule has 1 aromatic rings. The molecule has 0 amide bonds. The predicted molar refractivity (Wildman–Crippen MR) is 65.7 cm³/mol. The van der Waals surface area contributed by atoms with Crippen molar-refractivity contribution >= 4 is 29.1 Å². The molecule has 0 spiro atoms. The van der Waals surface area contributed by atoms with Crippen molar-refractivity contribution in [2.24, 2.45) is 0 Å². The van der Waals surface area contributed by atoms with Gasteiger partial charge >= 0.3 is 0 Å². The third kappa shape index (κ3) is 2.39. The van der Waals surface area contributed by atoms with Gasteiger partial charge < -0.3 is 4.90 Å². The van der Waals surface area contributed by atoms with Crippen LogP contribution in [0.25, 0.3) is 0 Å². The zero-order chi connectivity index (χ0) is 10.7. The number of nitrogens with zero attached hydrogens (tertiary/aromatic N) is 2. The van der Waals surface area contributed by atoms with E-state index in [0.717, 1.165) is 30.3 Å². The Labute approximate surface area is 98.8 Å². The number of thioether (sulfide) groups is 1. The highest BCUT2D eigenvalue weighted by molar-refractivity contribution is 7.99. The maximum Gasteiger partial charge on any atom is 0.101 e. The van der Waals surface area contributed by atoms with Gasteiger partial charge in [0.05, 0.1) is 11.3 Å². The van der Waals surface area contributed by atoms with E-state index in [-0.39, 0.29) is 0 Å². The van der Waals surface area contributed by atoms with Crippen LogP contribution in [0.4, 0.5) is 5.69 Å². The molecule has 1 aromatic carbocycles. The number of nitriles is 1. The zero-order valence-electron chi connectivity index (χ0n) is 8.24. The molecule has 0 aliphatic carbocycles. The Balaban J connectivity index is 2.30. The van der Waals surface area contributed by atoms with E-state index in [2.05, 4.69) is 11.0 Å². The second-order valence-corrected chi connectivity index (χ2v) is 5.03. The van der Waals surface area contributed by atoms with Gasteiger partial charge in [-0.15, -0.1) is 0 Å². The molecule has 0 saturated carbocycles. The second kappa shape index (κ2) is 4.78. The van der Waals surface area contributed by atoms with Gasteiger partial charge in [0, 0.05) is 29.6 Å². The first-order valence-corrected chi connectivity index (χ1v) is 6.37. The standard InChI is InChI=1S/C11H11ClN2S/c12-10-1-2-11(9(7-10)8-13)14-3-5-15-6-4-14/h1-2,7H,3-6H2. The molecule has 0 aromatic heterocycles. The monoisotopic (exact) mass is 238 g/mol. The molecular weight excluding hydrogens is 228 g/mol. The summed E-state index contributed by atoms with van der Waals surface area (Å²) in [6.07, 6.45) is 0. The lowest BCUT2D eigenvalue weighted by atomic mass is 10.1. The average Bonchev–Trinajstić information content (AvgIpc) is 2.30. The number of rotatable bonds is 1. The SMILES string of the molecule is N#Cc1cc(Cl)ccc1N1CCSCC1. The maximum absolute atomic E-state index is 9.03. The summed E-state index contributed by atoms with van der Waals surface area (Å²) in [6, 6.07) is 7.72. The Morgan fingerprint density at radius 2 is 2.07 bits per heavy atom. The Hall–Kier alpha value is -0.850. The normalized spacial score (nSPS) is 16.1. The number of hydrogen-bond acceptors (Lipinski definition) is 3. The lowest BCUT2D eigenvalue weighted by molar-refractivity contribution is 0.857. The maximum atomic E-state index is 9.03. The summed E-state index contributed by atoms with van der Waals surface area (Å²) in [7, 11) is 0. The summed E-state index contributed by atoms with van der Waals surface area (Å²) in [6.45, 7) is 2.03. The molecule has 0 radical (unpaired) electrons. The molecule has 78 valence electrons.